The molecule has 1 fully saturated rings. The smallest absolute Gasteiger partial charge is 0.394 e. The number of amides is 1. The van der Waals surface area contributed by atoms with E-state index >= 15 is 0 Å². The maximum atomic E-state index is 12.3. The fourth-order valence-corrected chi connectivity index (χ4v) is 3.19. The zero-order valence-corrected chi connectivity index (χ0v) is 20.5. The number of carbonyl (C=O) groups is 1. The van der Waals surface area contributed by atoms with Crippen LogP contribution < -0.4 is 4.74 Å². The van der Waals surface area contributed by atoms with Crippen LogP contribution in [0.3, 0.4) is 0 Å². The topological polar surface area (TPSA) is 32.8 Å². The fraction of sp³-hybridized carbons (Fsp3) is 0.500. The van der Waals surface area contributed by atoms with Gasteiger partial charge in [0, 0.05) is 46.6 Å². The van der Waals surface area contributed by atoms with Crippen molar-refractivity contribution < 1.29 is 18.3 Å². The van der Waals surface area contributed by atoms with Crippen molar-refractivity contribution in [3.63, 3.8) is 0 Å². The third kappa shape index (κ3) is 10.2. The number of benzene rings is 2. The standard InChI is InChI=1S/C15H22N2O.C9H10F2O.C2H6/c1-12-4-5-15(10-13(12)2)11-16-6-8-17(9-7-16)14(3)18;1-7-3-5-8(6-4-7)12-9(2,10)11;1-2/h4-5,10H,6-9,11H2,1-3H3;3-6H,1-2H3;1-2H3. The molecule has 4 nitrogen and oxygen atoms in total. The summed E-state index contributed by atoms with van der Waals surface area (Å²) in [5, 5.41) is 0. The van der Waals surface area contributed by atoms with Gasteiger partial charge in [-0.3, -0.25) is 9.69 Å². The minimum atomic E-state index is -3.10. The van der Waals surface area contributed by atoms with E-state index in [9.17, 15) is 13.6 Å². The molecule has 0 aliphatic carbocycles. The molecular weight excluding hydrogens is 410 g/mol. The monoisotopic (exact) mass is 448 g/mol. The lowest BCUT2D eigenvalue weighted by molar-refractivity contribution is -0.159. The van der Waals surface area contributed by atoms with Gasteiger partial charge in [0.25, 0.3) is 0 Å². The van der Waals surface area contributed by atoms with E-state index in [2.05, 4.69) is 41.7 Å². The zero-order valence-electron chi connectivity index (χ0n) is 20.5. The number of halogens is 2. The lowest BCUT2D eigenvalue weighted by Gasteiger charge is -2.34. The number of nitrogens with zero attached hydrogens (tertiary/aromatic N) is 2. The SMILES string of the molecule is CC.CC(=O)N1CCN(Cc2ccc(C)c(C)c2)CC1.Cc1ccc(OC(C)(F)F)cc1. The van der Waals surface area contributed by atoms with Gasteiger partial charge in [0.05, 0.1) is 0 Å². The molecule has 0 spiro atoms. The van der Waals surface area contributed by atoms with Crippen molar-refractivity contribution in [1.82, 2.24) is 9.80 Å². The van der Waals surface area contributed by atoms with E-state index in [-0.39, 0.29) is 11.7 Å². The first-order valence-corrected chi connectivity index (χ1v) is 11.2. The second-order valence-electron chi connectivity index (χ2n) is 7.92. The van der Waals surface area contributed by atoms with E-state index in [4.69, 9.17) is 0 Å². The highest BCUT2D eigenvalue weighted by Crippen LogP contribution is 2.20. The lowest BCUT2D eigenvalue weighted by atomic mass is 10.1. The van der Waals surface area contributed by atoms with Gasteiger partial charge in [-0.05, 0) is 49.6 Å². The third-order valence-corrected chi connectivity index (χ3v) is 5.11. The molecule has 1 aliphatic heterocycles. The average molecular weight is 449 g/mol. The van der Waals surface area contributed by atoms with Crippen LogP contribution in [0.4, 0.5) is 8.78 Å². The lowest BCUT2D eigenvalue weighted by Crippen LogP contribution is -2.47. The number of rotatable bonds is 4. The van der Waals surface area contributed by atoms with Gasteiger partial charge in [-0.1, -0.05) is 49.7 Å². The highest BCUT2D eigenvalue weighted by atomic mass is 19.3. The molecule has 2 aromatic carbocycles. The van der Waals surface area contributed by atoms with Crippen LogP contribution in [0.5, 0.6) is 5.75 Å². The van der Waals surface area contributed by atoms with Crippen molar-refractivity contribution in [2.24, 2.45) is 0 Å². The van der Waals surface area contributed by atoms with E-state index in [0.29, 0.717) is 6.92 Å². The van der Waals surface area contributed by atoms with Crippen LogP contribution in [0.25, 0.3) is 0 Å². The third-order valence-electron chi connectivity index (χ3n) is 5.11. The molecule has 1 saturated heterocycles. The van der Waals surface area contributed by atoms with Crippen LogP contribution in [-0.2, 0) is 11.3 Å². The fourth-order valence-electron chi connectivity index (χ4n) is 3.19. The van der Waals surface area contributed by atoms with Crippen LogP contribution in [0, 0.1) is 20.8 Å². The molecule has 6 heteroatoms. The molecular formula is C26H38F2N2O2. The molecule has 0 bridgehead atoms. The average Bonchev–Trinajstić information content (AvgIpc) is 2.74. The Bertz CT molecular complexity index is 825. The Morgan fingerprint density at radius 1 is 0.938 bits per heavy atom. The van der Waals surface area contributed by atoms with Gasteiger partial charge in [-0.25, -0.2) is 0 Å². The summed E-state index contributed by atoms with van der Waals surface area (Å²) in [5.41, 5.74) is 5.09. The molecule has 0 radical (unpaired) electrons. The molecule has 0 unspecified atom stereocenters. The number of carbonyl (C=O) groups excluding carboxylic acids is 1. The molecule has 1 aliphatic rings. The molecule has 3 rings (SSSR count). The van der Waals surface area contributed by atoms with Crippen LogP contribution in [0.2, 0.25) is 0 Å². The summed E-state index contributed by atoms with van der Waals surface area (Å²) in [6.07, 6.45) is -3.10. The first kappa shape index (κ1) is 27.6. The highest BCUT2D eigenvalue weighted by Gasteiger charge is 2.22. The van der Waals surface area contributed by atoms with Crippen LogP contribution in [0.15, 0.2) is 42.5 Å². The summed E-state index contributed by atoms with van der Waals surface area (Å²) in [6.45, 7) is 17.2. The minimum absolute atomic E-state index is 0.188. The summed E-state index contributed by atoms with van der Waals surface area (Å²) in [5.74, 6) is 0.383. The number of hydrogen-bond donors (Lipinski definition) is 0. The molecule has 1 amide bonds. The maximum absolute atomic E-state index is 12.3. The van der Waals surface area contributed by atoms with Crippen LogP contribution >= 0.6 is 0 Å². The van der Waals surface area contributed by atoms with Crippen molar-refractivity contribution in [2.75, 3.05) is 26.2 Å². The van der Waals surface area contributed by atoms with E-state index in [1.807, 2.05) is 25.7 Å². The summed E-state index contributed by atoms with van der Waals surface area (Å²) >= 11 is 0. The van der Waals surface area contributed by atoms with Gasteiger partial charge in [-0.2, -0.15) is 8.78 Å². The van der Waals surface area contributed by atoms with Gasteiger partial charge < -0.3 is 9.64 Å². The van der Waals surface area contributed by atoms with Gasteiger partial charge >= 0.3 is 6.11 Å². The molecule has 1 heterocycles. The van der Waals surface area contributed by atoms with Crippen LogP contribution in [-0.4, -0.2) is 48.0 Å². The molecule has 2 aromatic rings. The second kappa shape index (κ2) is 13.2. The Hall–Kier alpha value is -2.47. The number of aryl methyl sites for hydroxylation is 3. The largest absolute Gasteiger partial charge is 0.433 e. The van der Waals surface area contributed by atoms with Crippen molar-refractivity contribution in [1.29, 1.82) is 0 Å². The summed E-state index contributed by atoms with van der Waals surface area (Å²) in [4.78, 5) is 15.6. The highest BCUT2D eigenvalue weighted by molar-refractivity contribution is 5.73. The predicted octanol–water partition coefficient (Wildman–Crippen LogP) is 5.98. The molecule has 32 heavy (non-hydrogen) atoms. The second-order valence-corrected chi connectivity index (χ2v) is 7.92. The van der Waals surface area contributed by atoms with Gasteiger partial charge in [0.15, 0.2) is 0 Å². The Morgan fingerprint density at radius 2 is 1.50 bits per heavy atom. The zero-order chi connectivity index (χ0) is 24.3. The maximum Gasteiger partial charge on any atom is 0.394 e. The summed E-state index contributed by atoms with van der Waals surface area (Å²) in [7, 11) is 0. The van der Waals surface area contributed by atoms with E-state index in [0.717, 1.165) is 38.3 Å². The predicted molar refractivity (Wildman–Crippen MR) is 127 cm³/mol. The molecule has 178 valence electrons. The van der Waals surface area contributed by atoms with Crippen molar-refractivity contribution in [3.05, 3.63) is 64.7 Å². The van der Waals surface area contributed by atoms with Crippen LogP contribution in [0.1, 0.15) is 49.9 Å². The molecule has 0 N–H and O–H groups in total. The molecule has 0 atom stereocenters. The van der Waals surface area contributed by atoms with Crippen molar-refractivity contribution in [3.8, 4) is 5.75 Å². The first-order chi connectivity index (χ1) is 15.0. The Morgan fingerprint density at radius 3 is 1.97 bits per heavy atom. The van der Waals surface area contributed by atoms with Gasteiger partial charge in [-0.15, -0.1) is 0 Å². The quantitative estimate of drug-likeness (QED) is 0.577. The number of piperazine rings is 1. The summed E-state index contributed by atoms with van der Waals surface area (Å²) < 4.78 is 28.9. The minimum Gasteiger partial charge on any atom is -0.433 e. The Kier molecular flexibility index (Phi) is 11.3. The number of alkyl halides is 2. The Balaban J connectivity index is 0.000000318. The molecule has 0 saturated carbocycles. The Labute approximate surface area is 192 Å². The van der Waals surface area contributed by atoms with E-state index in [1.54, 1.807) is 19.1 Å². The van der Waals surface area contributed by atoms with Gasteiger partial charge in [0.2, 0.25) is 5.91 Å². The first-order valence-electron chi connectivity index (χ1n) is 11.2. The van der Waals surface area contributed by atoms with Gasteiger partial charge in [0.1, 0.15) is 5.75 Å². The summed E-state index contributed by atoms with van der Waals surface area (Å²) in [6, 6.07) is 13.2. The van der Waals surface area contributed by atoms with Crippen molar-refractivity contribution >= 4 is 5.91 Å². The normalized spacial score (nSPS) is 14.0. The molecule has 0 aromatic heterocycles. The number of ether oxygens (including phenoxy) is 1. The van der Waals surface area contributed by atoms with Crippen molar-refractivity contribution in [2.45, 2.75) is 61.1 Å². The number of hydrogen-bond acceptors (Lipinski definition) is 3. The van der Waals surface area contributed by atoms with E-state index in [1.165, 1.54) is 28.8 Å². The van der Waals surface area contributed by atoms with E-state index < -0.39 is 6.11 Å².